The highest BCUT2D eigenvalue weighted by Gasteiger charge is 2.19. The molecule has 1 rings (SSSR count). The molecule has 0 saturated carbocycles. The number of hydrogen-bond donors (Lipinski definition) is 1. The summed E-state index contributed by atoms with van der Waals surface area (Å²) in [6, 6.07) is 2.81. The Morgan fingerprint density at radius 3 is 2.60 bits per heavy atom. The van der Waals surface area contributed by atoms with Crippen LogP contribution in [-0.2, 0) is 0 Å². The molecule has 0 amide bonds. The van der Waals surface area contributed by atoms with Gasteiger partial charge in [-0.3, -0.25) is 0 Å². The number of hydrogen-bond acceptors (Lipinski definition) is 2. The number of ether oxygens (including phenoxy) is 1. The van der Waals surface area contributed by atoms with Gasteiger partial charge < -0.3 is 10.5 Å². The van der Waals surface area contributed by atoms with Crippen LogP contribution in [0.2, 0.25) is 0 Å². The number of rotatable bonds is 3. The lowest BCUT2D eigenvalue weighted by Crippen LogP contribution is -2.27. The molecule has 2 N–H and O–H groups in total. The minimum Gasteiger partial charge on any atom is -0.486 e. The van der Waals surface area contributed by atoms with Gasteiger partial charge in [-0.25, -0.2) is 4.39 Å². The summed E-state index contributed by atoms with van der Waals surface area (Å²) < 4.78 is 19.1. The average molecular weight is 276 g/mol. The van der Waals surface area contributed by atoms with Gasteiger partial charge in [-0.1, -0.05) is 6.92 Å². The smallest absolute Gasteiger partial charge is 0.144 e. The molecule has 1 aromatic rings. The van der Waals surface area contributed by atoms with E-state index in [-0.39, 0.29) is 11.4 Å². The van der Waals surface area contributed by atoms with Crippen LogP contribution < -0.4 is 10.5 Å². The first-order valence-corrected chi connectivity index (χ1v) is 5.58. The lowest BCUT2D eigenvalue weighted by Gasteiger charge is -2.25. The second-order valence-electron chi connectivity index (χ2n) is 4.02. The zero-order valence-electron chi connectivity index (χ0n) is 9.10. The predicted octanol–water partition coefficient (Wildman–Crippen LogP) is 3.74. The first-order valence-electron chi connectivity index (χ1n) is 4.79. The molecular weight excluding hydrogens is 261 g/mol. The molecule has 0 saturated heterocycles. The van der Waals surface area contributed by atoms with Gasteiger partial charge in [0.25, 0.3) is 0 Å². The van der Waals surface area contributed by atoms with Crippen LogP contribution in [0.15, 0.2) is 16.6 Å². The summed E-state index contributed by atoms with van der Waals surface area (Å²) in [4.78, 5) is 0. The molecule has 15 heavy (non-hydrogen) atoms. The van der Waals surface area contributed by atoms with Crippen molar-refractivity contribution in [1.82, 2.24) is 0 Å². The van der Waals surface area contributed by atoms with E-state index in [9.17, 15) is 4.39 Å². The van der Waals surface area contributed by atoms with Crippen LogP contribution in [0, 0.1) is 5.82 Å². The summed E-state index contributed by atoms with van der Waals surface area (Å²) in [5.74, 6) is 0.129. The highest BCUT2D eigenvalue weighted by atomic mass is 79.9. The van der Waals surface area contributed by atoms with E-state index in [1.54, 1.807) is 6.07 Å². The third-order valence-electron chi connectivity index (χ3n) is 2.29. The highest BCUT2D eigenvalue weighted by Crippen LogP contribution is 2.31. The van der Waals surface area contributed by atoms with E-state index in [0.29, 0.717) is 15.9 Å². The molecule has 0 radical (unpaired) electrons. The van der Waals surface area contributed by atoms with Gasteiger partial charge in [0.05, 0.1) is 10.2 Å². The van der Waals surface area contributed by atoms with Crippen LogP contribution in [0.1, 0.15) is 27.2 Å². The van der Waals surface area contributed by atoms with Crippen molar-refractivity contribution in [3.8, 4) is 5.75 Å². The maximum atomic E-state index is 13.1. The fourth-order valence-electron chi connectivity index (χ4n) is 1.00. The van der Waals surface area contributed by atoms with E-state index in [2.05, 4.69) is 15.9 Å². The predicted molar refractivity (Wildman–Crippen MR) is 63.5 cm³/mol. The molecular formula is C11H15BrFNO. The summed E-state index contributed by atoms with van der Waals surface area (Å²) in [5, 5.41) is 0. The summed E-state index contributed by atoms with van der Waals surface area (Å²) in [6.45, 7) is 5.95. The largest absolute Gasteiger partial charge is 0.486 e. The Morgan fingerprint density at radius 1 is 1.47 bits per heavy atom. The molecule has 2 nitrogen and oxygen atoms in total. The third kappa shape index (κ3) is 3.09. The molecule has 0 unspecified atom stereocenters. The van der Waals surface area contributed by atoms with E-state index in [4.69, 9.17) is 10.5 Å². The van der Waals surface area contributed by atoms with Crippen LogP contribution in [0.25, 0.3) is 0 Å². The quantitative estimate of drug-likeness (QED) is 0.853. The molecule has 0 aromatic heterocycles. The Labute approximate surface area is 97.7 Å². The second-order valence-corrected chi connectivity index (χ2v) is 4.87. The van der Waals surface area contributed by atoms with Crippen molar-refractivity contribution < 1.29 is 9.13 Å². The number of benzene rings is 1. The Bertz CT molecular complexity index is 366. The van der Waals surface area contributed by atoms with Crippen molar-refractivity contribution in [3.63, 3.8) is 0 Å². The van der Waals surface area contributed by atoms with Gasteiger partial charge in [0.15, 0.2) is 0 Å². The SMILES string of the molecule is CCC(C)(C)Oc1cc(Br)c(F)cc1N. The van der Waals surface area contributed by atoms with E-state index < -0.39 is 0 Å². The molecule has 1 aromatic carbocycles. The van der Waals surface area contributed by atoms with Gasteiger partial charge in [-0.15, -0.1) is 0 Å². The lowest BCUT2D eigenvalue weighted by molar-refractivity contribution is 0.106. The lowest BCUT2D eigenvalue weighted by atomic mass is 10.1. The van der Waals surface area contributed by atoms with Crippen LogP contribution in [0.4, 0.5) is 10.1 Å². The Kier molecular flexibility index (Phi) is 3.60. The molecule has 0 heterocycles. The van der Waals surface area contributed by atoms with Gasteiger partial charge in [0, 0.05) is 6.07 Å². The van der Waals surface area contributed by atoms with E-state index in [1.807, 2.05) is 20.8 Å². The summed E-state index contributed by atoms with van der Waals surface area (Å²) in [6.07, 6.45) is 0.849. The standard InChI is InChI=1S/C11H15BrFNO/c1-4-11(2,3)15-10-5-7(12)8(13)6-9(10)14/h5-6H,4,14H2,1-3H3. The van der Waals surface area contributed by atoms with E-state index >= 15 is 0 Å². The van der Waals surface area contributed by atoms with Crippen LogP contribution >= 0.6 is 15.9 Å². The van der Waals surface area contributed by atoms with Crippen LogP contribution in [0.3, 0.4) is 0 Å². The van der Waals surface area contributed by atoms with Crippen molar-refractivity contribution in [1.29, 1.82) is 0 Å². The summed E-state index contributed by atoms with van der Waals surface area (Å²) in [5.41, 5.74) is 5.68. The molecule has 4 heteroatoms. The average Bonchev–Trinajstić information content (AvgIpc) is 2.14. The molecule has 0 atom stereocenters. The van der Waals surface area contributed by atoms with Crippen molar-refractivity contribution in [2.75, 3.05) is 5.73 Å². The molecule has 0 aliphatic rings. The monoisotopic (exact) mass is 275 g/mol. The Morgan fingerprint density at radius 2 is 2.07 bits per heavy atom. The van der Waals surface area contributed by atoms with Gasteiger partial charge in [-0.05, 0) is 42.3 Å². The highest BCUT2D eigenvalue weighted by molar-refractivity contribution is 9.10. The van der Waals surface area contributed by atoms with Crippen molar-refractivity contribution >= 4 is 21.6 Å². The van der Waals surface area contributed by atoms with Gasteiger partial charge in [-0.2, -0.15) is 0 Å². The minimum absolute atomic E-state index is 0.300. The summed E-state index contributed by atoms with van der Waals surface area (Å²) >= 11 is 3.10. The van der Waals surface area contributed by atoms with Gasteiger partial charge in [0.1, 0.15) is 17.2 Å². The number of halogens is 2. The number of anilines is 1. The zero-order chi connectivity index (χ0) is 11.6. The molecule has 0 aliphatic heterocycles. The Balaban J connectivity index is 3.01. The topological polar surface area (TPSA) is 35.2 Å². The Hall–Kier alpha value is -0.770. The number of nitrogen functional groups attached to an aromatic ring is 1. The minimum atomic E-state index is -0.380. The molecule has 0 aliphatic carbocycles. The first kappa shape index (κ1) is 12.3. The molecule has 84 valence electrons. The van der Waals surface area contributed by atoms with Crippen LogP contribution in [-0.4, -0.2) is 5.60 Å². The van der Waals surface area contributed by atoms with Crippen LogP contribution in [0.5, 0.6) is 5.75 Å². The van der Waals surface area contributed by atoms with E-state index in [0.717, 1.165) is 6.42 Å². The first-order chi connectivity index (χ1) is 6.85. The van der Waals surface area contributed by atoms with Gasteiger partial charge in [0.2, 0.25) is 0 Å². The number of nitrogens with two attached hydrogens (primary N) is 1. The fourth-order valence-corrected chi connectivity index (χ4v) is 1.32. The maximum absolute atomic E-state index is 13.1. The maximum Gasteiger partial charge on any atom is 0.144 e. The summed E-state index contributed by atoms with van der Waals surface area (Å²) in [7, 11) is 0. The fraction of sp³-hybridized carbons (Fsp3) is 0.455. The van der Waals surface area contributed by atoms with E-state index in [1.165, 1.54) is 6.07 Å². The molecule has 0 spiro atoms. The van der Waals surface area contributed by atoms with Crippen molar-refractivity contribution in [3.05, 3.63) is 22.4 Å². The van der Waals surface area contributed by atoms with Gasteiger partial charge >= 0.3 is 0 Å². The van der Waals surface area contributed by atoms with Crippen molar-refractivity contribution in [2.45, 2.75) is 32.8 Å². The third-order valence-corrected chi connectivity index (χ3v) is 2.90. The normalized spacial score (nSPS) is 11.5. The zero-order valence-corrected chi connectivity index (χ0v) is 10.7. The second kappa shape index (κ2) is 4.39. The molecule has 0 fully saturated rings. The molecule has 0 bridgehead atoms. The van der Waals surface area contributed by atoms with Crippen molar-refractivity contribution in [2.24, 2.45) is 0 Å².